The summed E-state index contributed by atoms with van der Waals surface area (Å²) < 4.78 is 63.0. The molecule has 1 atom stereocenters. The van der Waals surface area contributed by atoms with Gasteiger partial charge < -0.3 is 10.2 Å². The third kappa shape index (κ3) is 4.25. The lowest BCUT2D eigenvalue weighted by atomic mass is 10.1. The number of hydroxylamine groups is 1. The molecule has 0 bridgehead atoms. The molecule has 6 nitrogen and oxygen atoms in total. The molecular formula is C14H17F3N2O4S. The molecule has 24 heavy (non-hydrogen) atoms. The van der Waals surface area contributed by atoms with Gasteiger partial charge in [0, 0.05) is 6.54 Å². The van der Waals surface area contributed by atoms with E-state index in [4.69, 9.17) is 0 Å². The van der Waals surface area contributed by atoms with Crippen LogP contribution in [0.4, 0.5) is 13.2 Å². The van der Waals surface area contributed by atoms with Gasteiger partial charge in [-0.05, 0) is 42.9 Å². The van der Waals surface area contributed by atoms with E-state index >= 15 is 0 Å². The maximum absolute atomic E-state index is 12.7. The Balaban J connectivity index is 2.36. The molecule has 1 heterocycles. The maximum atomic E-state index is 12.7. The van der Waals surface area contributed by atoms with Gasteiger partial charge in [0.05, 0.1) is 10.9 Å². The minimum atomic E-state index is -5.29. The van der Waals surface area contributed by atoms with E-state index in [2.05, 4.69) is 10.2 Å². The highest BCUT2D eigenvalue weighted by molar-refractivity contribution is 7.89. The van der Waals surface area contributed by atoms with Gasteiger partial charge in [0.1, 0.15) is 0 Å². The molecule has 2 rings (SSSR count). The Bertz CT molecular complexity index is 683. The Labute approximate surface area is 137 Å². The number of hydrogen-bond acceptors (Lipinski definition) is 5. The van der Waals surface area contributed by atoms with Crippen molar-refractivity contribution in [3.8, 4) is 0 Å². The molecule has 0 spiro atoms. The number of halogens is 3. The molecule has 0 aliphatic carbocycles. The quantitative estimate of drug-likeness (QED) is 0.822. The molecule has 1 aliphatic heterocycles. The molecule has 0 saturated carbocycles. The molecule has 1 N–H and O–H groups in total. The number of aryl methyl sites for hydroxylation is 1. The fourth-order valence-corrected chi connectivity index (χ4v) is 3.71. The summed E-state index contributed by atoms with van der Waals surface area (Å²) in [7, 11) is -4.42. The van der Waals surface area contributed by atoms with Gasteiger partial charge in [0.2, 0.25) is 0 Å². The van der Waals surface area contributed by atoms with E-state index in [0.717, 1.165) is 5.56 Å². The van der Waals surface area contributed by atoms with Crippen LogP contribution in [0.25, 0.3) is 0 Å². The van der Waals surface area contributed by atoms with E-state index in [-0.39, 0.29) is 22.3 Å². The van der Waals surface area contributed by atoms with E-state index < -0.39 is 28.2 Å². The van der Waals surface area contributed by atoms with Crippen molar-refractivity contribution in [2.75, 3.05) is 13.1 Å². The molecule has 134 valence electrons. The molecule has 0 radical (unpaired) electrons. The number of benzene rings is 1. The van der Waals surface area contributed by atoms with Crippen LogP contribution in [0.15, 0.2) is 29.2 Å². The fraction of sp³-hybridized carbons (Fsp3) is 0.500. The zero-order valence-electron chi connectivity index (χ0n) is 12.8. The van der Waals surface area contributed by atoms with E-state index in [1.807, 2.05) is 0 Å². The van der Waals surface area contributed by atoms with Gasteiger partial charge in [-0.15, -0.1) is 0 Å². The van der Waals surface area contributed by atoms with E-state index in [0.29, 0.717) is 13.0 Å². The second-order valence-corrected chi connectivity index (χ2v) is 7.23. The average Bonchev–Trinajstić information content (AvgIpc) is 2.52. The van der Waals surface area contributed by atoms with Gasteiger partial charge in [0.25, 0.3) is 10.0 Å². The molecule has 1 saturated heterocycles. The van der Waals surface area contributed by atoms with Crippen molar-refractivity contribution >= 4 is 16.0 Å². The number of rotatable bonds is 4. The van der Waals surface area contributed by atoms with Crippen LogP contribution in [0.3, 0.4) is 0 Å². The van der Waals surface area contributed by atoms with Crippen LogP contribution in [0.2, 0.25) is 0 Å². The summed E-state index contributed by atoms with van der Waals surface area (Å²) in [6.45, 7) is 2.45. The zero-order valence-corrected chi connectivity index (χ0v) is 13.7. The summed E-state index contributed by atoms with van der Waals surface area (Å²) >= 11 is 0. The Kier molecular flexibility index (Phi) is 5.51. The topological polar surface area (TPSA) is 75.7 Å². The van der Waals surface area contributed by atoms with Crippen molar-refractivity contribution in [2.24, 2.45) is 0 Å². The van der Waals surface area contributed by atoms with Crippen molar-refractivity contribution < 1.29 is 31.2 Å². The lowest BCUT2D eigenvalue weighted by Crippen LogP contribution is -2.50. The van der Waals surface area contributed by atoms with Crippen LogP contribution in [0.1, 0.15) is 18.4 Å². The molecule has 1 aromatic rings. The third-order valence-corrected chi connectivity index (χ3v) is 5.24. The minimum Gasteiger partial charge on any atom is -0.345 e. The molecule has 0 amide bonds. The number of piperidine rings is 1. The number of nitrogens with zero attached hydrogens (tertiary/aromatic N) is 1. The minimum absolute atomic E-state index is 0.0935. The summed E-state index contributed by atoms with van der Waals surface area (Å²) in [6, 6.07) is 4.63. The van der Waals surface area contributed by atoms with Gasteiger partial charge in [-0.2, -0.15) is 13.2 Å². The largest absolute Gasteiger partial charge is 0.492 e. The fourth-order valence-electron chi connectivity index (χ4n) is 2.28. The van der Waals surface area contributed by atoms with Crippen LogP contribution >= 0.6 is 0 Å². The summed E-state index contributed by atoms with van der Waals surface area (Å²) in [5.74, 6) is -2.57. The second-order valence-electron chi connectivity index (χ2n) is 5.45. The Morgan fingerprint density at radius 3 is 2.42 bits per heavy atom. The molecule has 1 unspecified atom stereocenters. The summed E-state index contributed by atoms with van der Waals surface area (Å²) in [5, 5.41) is 2.88. The predicted octanol–water partition coefficient (Wildman–Crippen LogP) is 1.76. The first-order valence-corrected chi connectivity index (χ1v) is 8.67. The summed E-state index contributed by atoms with van der Waals surface area (Å²) in [5.41, 5.74) is 0.784. The van der Waals surface area contributed by atoms with Gasteiger partial charge in [-0.1, -0.05) is 17.7 Å². The van der Waals surface area contributed by atoms with Gasteiger partial charge >= 0.3 is 12.1 Å². The monoisotopic (exact) mass is 366 g/mol. The molecule has 1 aromatic carbocycles. The molecule has 1 fully saturated rings. The first kappa shape index (κ1) is 18.7. The van der Waals surface area contributed by atoms with Gasteiger partial charge in [-0.25, -0.2) is 13.2 Å². The maximum Gasteiger partial charge on any atom is 0.492 e. The number of sulfonamides is 1. The molecule has 1 aliphatic rings. The first-order chi connectivity index (χ1) is 11.1. The lowest BCUT2D eigenvalue weighted by Gasteiger charge is -2.31. The van der Waals surface area contributed by atoms with Gasteiger partial charge in [0.15, 0.2) is 0 Å². The highest BCUT2D eigenvalue weighted by Crippen LogP contribution is 2.25. The average molecular weight is 366 g/mol. The van der Waals surface area contributed by atoms with Crippen molar-refractivity contribution in [3.05, 3.63) is 29.8 Å². The number of carbonyl (C=O) groups excluding carboxylic acids is 1. The zero-order chi connectivity index (χ0) is 18.0. The Morgan fingerprint density at radius 2 is 1.92 bits per heavy atom. The van der Waals surface area contributed by atoms with E-state index in [1.54, 1.807) is 6.92 Å². The normalized spacial score (nSPS) is 19.3. The van der Waals surface area contributed by atoms with Crippen LogP contribution in [-0.2, 0) is 19.7 Å². The van der Waals surface area contributed by atoms with Crippen LogP contribution in [0.5, 0.6) is 0 Å². The molecule has 10 heteroatoms. The van der Waals surface area contributed by atoms with Crippen molar-refractivity contribution in [1.82, 2.24) is 9.79 Å². The van der Waals surface area contributed by atoms with Crippen LogP contribution in [-0.4, -0.2) is 44.2 Å². The molecule has 0 aromatic heterocycles. The SMILES string of the molecule is Cc1ccc(S(=O)(=O)N(OC(=O)C(F)(F)F)C2CCCNC2)cc1. The molecular weight excluding hydrogens is 349 g/mol. The first-order valence-electron chi connectivity index (χ1n) is 7.23. The highest BCUT2D eigenvalue weighted by atomic mass is 32.2. The van der Waals surface area contributed by atoms with E-state index in [9.17, 15) is 26.4 Å². The Hall–Kier alpha value is -1.65. The number of carbonyl (C=O) groups is 1. The number of alkyl halides is 3. The third-order valence-electron chi connectivity index (χ3n) is 3.53. The lowest BCUT2D eigenvalue weighted by molar-refractivity contribution is -0.227. The second kappa shape index (κ2) is 7.08. The standard InChI is InChI=1S/C14H17F3N2O4S/c1-10-4-6-12(7-5-10)24(21,22)19(11-3-2-8-18-9-11)23-13(20)14(15,16)17/h4-7,11,18H,2-3,8-9H2,1H3. The Morgan fingerprint density at radius 1 is 1.29 bits per heavy atom. The summed E-state index contributed by atoms with van der Waals surface area (Å²) in [4.78, 5) is 15.2. The van der Waals surface area contributed by atoms with Crippen molar-refractivity contribution in [3.63, 3.8) is 0 Å². The van der Waals surface area contributed by atoms with E-state index in [1.165, 1.54) is 24.3 Å². The number of nitrogens with one attached hydrogen (secondary N) is 1. The summed E-state index contributed by atoms with van der Waals surface area (Å²) in [6.07, 6.45) is -4.46. The predicted molar refractivity (Wildman–Crippen MR) is 78.2 cm³/mol. The van der Waals surface area contributed by atoms with Crippen molar-refractivity contribution in [2.45, 2.75) is 36.9 Å². The van der Waals surface area contributed by atoms with Crippen LogP contribution in [0, 0.1) is 6.92 Å². The van der Waals surface area contributed by atoms with Gasteiger partial charge in [-0.3, -0.25) is 0 Å². The highest BCUT2D eigenvalue weighted by Gasteiger charge is 2.46. The van der Waals surface area contributed by atoms with Crippen LogP contribution < -0.4 is 5.32 Å². The smallest absolute Gasteiger partial charge is 0.345 e. The van der Waals surface area contributed by atoms with Crippen molar-refractivity contribution in [1.29, 1.82) is 0 Å². The number of hydrogen-bond donors (Lipinski definition) is 1.